The van der Waals surface area contributed by atoms with E-state index in [9.17, 15) is 0 Å². The maximum absolute atomic E-state index is 6.28. The second-order valence-corrected chi connectivity index (χ2v) is 14.1. The highest BCUT2D eigenvalue weighted by Crippen LogP contribution is 2.56. The van der Waals surface area contributed by atoms with Crippen molar-refractivity contribution in [2.75, 3.05) is 0 Å². The smallest absolute Gasteiger partial charge is 0.227 e. The topological polar surface area (TPSA) is 52.1 Å². The molecule has 0 fully saturated rings. The molecule has 0 amide bonds. The number of rotatable bonds is 6. The Labute approximate surface area is 318 Å². The van der Waals surface area contributed by atoms with E-state index in [0.717, 1.165) is 55.6 Å². The molecule has 2 heterocycles. The van der Waals surface area contributed by atoms with Gasteiger partial charge in [-0.15, -0.1) is 0 Å². The van der Waals surface area contributed by atoms with Crippen LogP contribution in [-0.2, 0) is 5.41 Å². The van der Waals surface area contributed by atoms with E-state index in [0.29, 0.717) is 11.8 Å². The van der Waals surface area contributed by atoms with Crippen LogP contribution in [0.5, 0.6) is 0 Å². The van der Waals surface area contributed by atoms with Crippen LogP contribution in [0.25, 0.3) is 78.5 Å². The van der Waals surface area contributed by atoms with E-state index in [1.807, 2.05) is 54.6 Å². The first-order chi connectivity index (χ1) is 27.2. The SMILES string of the molecule is c1ccc(C2(c3ccccc3)c3ccccc3-c3cc(-c4cccc(-c5cc(-c6nc7ccccc7o6)cc(-c6nc7ccccc7o6)c5)c4)ccc32)cc1. The van der Waals surface area contributed by atoms with Crippen molar-refractivity contribution in [2.45, 2.75) is 5.41 Å². The largest absolute Gasteiger partial charge is 0.436 e. The summed E-state index contributed by atoms with van der Waals surface area (Å²) < 4.78 is 12.6. The number of aromatic nitrogens is 2. The van der Waals surface area contributed by atoms with Crippen LogP contribution in [0, 0.1) is 0 Å². The Hall–Kier alpha value is -7.30. The summed E-state index contributed by atoms with van der Waals surface area (Å²) in [6, 6.07) is 68.5. The predicted octanol–water partition coefficient (Wildman–Crippen LogP) is 13.0. The van der Waals surface area contributed by atoms with Gasteiger partial charge in [0.05, 0.1) is 5.41 Å². The highest BCUT2D eigenvalue weighted by molar-refractivity contribution is 5.90. The maximum atomic E-state index is 6.28. The van der Waals surface area contributed by atoms with Gasteiger partial charge in [-0.3, -0.25) is 0 Å². The average molecular weight is 705 g/mol. The lowest BCUT2D eigenvalue weighted by Crippen LogP contribution is -2.28. The van der Waals surface area contributed by atoms with E-state index in [1.54, 1.807) is 0 Å². The first-order valence-corrected chi connectivity index (χ1v) is 18.6. The second-order valence-electron chi connectivity index (χ2n) is 14.1. The van der Waals surface area contributed by atoms with Crippen LogP contribution in [0.4, 0.5) is 0 Å². The number of hydrogen-bond donors (Lipinski definition) is 0. The van der Waals surface area contributed by atoms with Crippen molar-refractivity contribution < 1.29 is 8.83 Å². The van der Waals surface area contributed by atoms with E-state index in [4.69, 9.17) is 18.8 Å². The van der Waals surface area contributed by atoms with Crippen LogP contribution in [-0.4, -0.2) is 9.97 Å². The third-order valence-electron chi connectivity index (χ3n) is 11.0. The molecule has 0 unspecified atom stereocenters. The molecule has 2 aromatic heterocycles. The molecule has 0 N–H and O–H groups in total. The fraction of sp³-hybridized carbons (Fsp3) is 0.0196. The molecule has 8 aromatic carbocycles. The monoisotopic (exact) mass is 704 g/mol. The van der Waals surface area contributed by atoms with Crippen molar-refractivity contribution in [3.05, 3.63) is 216 Å². The van der Waals surface area contributed by atoms with Crippen molar-refractivity contribution in [2.24, 2.45) is 0 Å². The minimum absolute atomic E-state index is 0.430. The van der Waals surface area contributed by atoms with E-state index >= 15 is 0 Å². The Morgan fingerprint density at radius 3 is 1.42 bits per heavy atom. The Kier molecular flexibility index (Phi) is 7.04. The van der Waals surface area contributed by atoms with Crippen LogP contribution in [0.1, 0.15) is 22.3 Å². The van der Waals surface area contributed by atoms with E-state index in [1.165, 1.54) is 33.4 Å². The van der Waals surface area contributed by atoms with Gasteiger partial charge in [0.2, 0.25) is 11.8 Å². The molecule has 0 spiro atoms. The molecule has 258 valence electrons. The Balaban J connectivity index is 1.06. The molecule has 1 aliphatic rings. The number of benzene rings is 8. The van der Waals surface area contributed by atoms with E-state index in [2.05, 4.69) is 140 Å². The second kappa shape index (κ2) is 12.4. The molecular formula is C51H32N2O2. The lowest BCUT2D eigenvalue weighted by Gasteiger charge is -2.33. The molecule has 10 aromatic rings. The summed E-state index contributed by atoms with van der Waals surface area (Å²) >= 11 is 0. The summed E-state index contributed by atoms with van der Waals surface area (Å²) in [6.45, 7) is 0. The zero-order valence-corrected chi connectivity index (χ0v) is 29.7. The lowest BCUT2D eigenvalue weighted by atomic mass is 9.67. The highest BCUT2D eigenvalue weighted by atomic mass is 16.4. The normalized spacial score (nSPS) is 12.9. The van der Waals surface area contributed by atoms with Gasteiger partial charge in [0.1, 0.15) is 11.0 Å². The minimum atomic E-state index is -0.430. The van der Waals surface area contributed by atoms with Crippen LogP contribution in [0.3, 0.4) is 0 Å². The fourth-order valence-electron chi connectivity index (χ4n) is 8.54. The Morgan fingerprint density at radius 1 is 0.327 bits per heavy atom. The standard InChI is InChI=1S/C51H32N2O2/c1-3-16-39(17-4-1)51(40-18-5-2-6-19-40)43-21-8-7-20-41(43)42-32-35(26-27-44(42)51)33-14-13-15-34(28-33)36-29-37(49-52-45-22-9-11-24-47(45)54-49)31-38(30-36)50-53-46-23-10-12-25-48(46)55-50/h1-32H. The van der Waals surface area contributed by atoms with Gasteiger partial charge in [-0.05, 0) is 110 Å². The van der Waals surface area contributed by atoms with Gasteiger partial charge < -0.3 is 8.83 Å². The molecule has 0 saturated heterocycles. The molecule has 0 bridgehead atoms. The molecule has 4 heteroatoms. The van der Waals surface area contributed by atoms with Gasteiger partial charge in [0.25, 0.3) is 0 Å². The Morgan fingerprint density at radius 2 is 0.800 bits per heavy atom. The third-order valence-corrected chi connectivity index (χ3v) is 11.0. The van der Waals surface area contributed by atoms with Gasteiger partial charge in [-0.1, -0.05) is 140 Å². The Bertz CT molecular complexity index is 2850. The zero-order valence-electron chi connectivity index (χ0n) is 29.7. The van der Waals surface area contributed by atoms with Crippen molar-refractivity contribution in [1.82, 2.24) is 9.97 Å². The molecule has 0 aliphatic heterocycles. The number of nitrogens with zero attached hydrogens (tertiary/aromatic N) is 2. The van der Waals surface area contributed by atoms with Gasteiger partial charge in [-0.25, -0.2) is 9.97 Å². The predicted molar refractivity (Wildman–Crippen MR) is 221 cm³/mol. The minimum Gasteiger partial charge on any atom is -0.436 e. The van der Waals surface area contributed by atoms with Crippen LogP contribution < -0.4 is 0 Å². The average Bonchev–Trinajstić information content (AvgIpc) is 3.98. The van der Waals surface area contributed by atoms with Crippen molar-refractivity contribution in [3.63, 3.8) is 0 Å². The van der Waals surface area contributed by atoms with E-state index in [-0.39, 0.29) is 0 Å². The summed E-state index contributed by atoms with van der Waals surface area (Å²) in [4.78, 5) is 9.70. The van der Waals surface area contributed by atoms with Gasteiger partial charge in [-0.2, -0.15) is 0 Å². The van der Waals surface area contributed by atoms with Crippen LogP contribution in [0.2, 0.25) is 0 Å². The summed E-state index contributed by atoms with van der Waals surface area (Å²) in [6.07, 6.45) is 0. The van der Waals surface area contributed by atoms with Gasteiger partial charge >= 0.3 is 0 Å². The quantitative estimate of drug-likeness (QED) is 0.173. The maximum Gasteiger partial charge on any atom is 0.227 e. The summed E-state index contributed by atoms with van der Waals surface area (Å²) in [5.41, 5.74) is 16.4. The summed E-state index contributed by atoms with van der Waals surface area (Å²) in [5.74, 6) is 1.10. The molecule has 0 radical (unpaired) electrons. The molecule has 55 heavy (non-hydrogen) atoms. The molecular weight excluding hydrogens is 673 g/mol. The zero-order chi connectivity index (χ0) is 36.3. The number of fused-ring (bicyclic) bond motifs is 5. The molecule has 0 saturated carbocycles. The first-order valence-electron chi connectivity index (χ1n) is 18.6. The first kappa shape index (κ1) is 31.2. The van der Waals surface area contributed by atoms with E-state index < -0.39 is 5.41 Å². The summed E-state index contributed by atoms with van der Waals surface area (Å²) in [7, 11) is 0. The van der Waals surface area contributed by atoms with Crippen LogP contribution in [0.15, 0.2) is 203 Å². The van der Waals surface area contributed by atoms with Gasteiger partial charge in [0.15, 0.2) is 11.2 Å². The number of para-hydroxylation sites is 4. The summed E-state index contributed by atoms with van der Waals surface area (Å²) in [5, 5.41) is 0. The van der Waals surface area contributed by atoms with Crippen molar-refractivity contribution in [3.8, 4) is 56.3 Å². The molecule has 4 nitrogen and oxygen atoms in total. The van der Waals surface area contributed by atoms with Crippen molar-refractivity contribution in [1.29, 1.82) is 0 Å². The van der Waals surface area contributed by atoms with Crippen LogP contribution >= 0.6 is 0 Å². The van der Waals surface area contributed by atoms with Crippen molar-refractivity contribution >= 4 is 22.2 Å². The number of hydrogen-bond acceptors (Lipinski definition) is 4. The highest BCUT2D eigenvalue weighted by Gasteiger charge is 2.45. The molecule has 0 atom stereocenters. The molecule has 11 rings (SSSR count). The lowest BCUT2D eigenvalue weighted by molar-refractivity contribution is 0.617. The third kappa shape index (κ3) is 4.99. The fourth-order valence-corrected chi connectivity index (χ4v) is 8.54. The number of oxazole rings is 2. The molecule has 1 aliphatic carbocycles. The van der Waals surface area contributed by atoms with Gasteiger partial charge in [0, 0.05) is 11.1 Å².